The number of alkyl halides is 2. The molecule has 10 heteroatoms. The number of amides is 2. The first-order valence-corrected chi connectivity index (χ1v) is 10.6. The van der Waals surface area contributed by atoms with Crippen molar-refractivity contribution in [3.8, 4) is 23.0 Å². The minimum absolute atomic E-state index is 0.0811. The van der Waals surface area contributed by atoms with E-state index in [-0.39, 0.29) is 29.9 Å². The molecule has 0 saturated carbocycles. The number of hydrogen-bond donors (Lipinski definition) is 2. The van der Waals surface area contributed by atoms with Crippen molar-refractivity contribution >= 4 is 11.8 Å². The Morgan fingerprint density at radius 3 is 2.09 bits per heavy atom. The molecule has 0 aliphatic rings. The fourth-order valence-electron chi connectivity index (χ4n) is 3.20. The van der Waals surface area contributed by atoms with Crippen molar-refractivity contribution in [2.75, 3.05) is 27.9 Å². The van der Waals surface area contributed by atoms with Crippen LogP contribution in [0, 0.1) is 5.92 Å². The zero-order valence-corrected chi connectivity index (χ0v) is 19.8. The van der Waals surface area contributed by atoms with Gasteiger partial charge < -0.3 is 29.6 Å². The van der Waals surface area contributed by atoms with Gasteiger partial charge in [0, 0.05) is 18.2 Å². The predicted molar refractivity (Wildman–Crippen MR) is 122 cm³/mol. The van der Waals surface area contributed by atoms with Crippen molar-refractivity contribution < 1.29 is 37.3 Å². The summed E-state index contributed by atoms with van der Waals surface area (Å²) in [5.41, 5.74) is 0.963. The van der Waals surface area contributed by atoms with Crippen LogP contribution in [-0.4, -0.2) is 52.3 Å². The van der Waals surface area contributed by atoms with E-state index in [2.05, 4.69) is 15.4 Å². The molecular formula is C24H30F2N2O6. The number of carbonyl (C=O) groups excluding carboxylic acids is 2. The lowest BCUT2D eigenvalue weighted by molar-refractivity contribution is -0.123. The number of halogens is 2. The van der Waals surface area contributed by atoms with Gasteiger partial charge in [-0.2, -0.15) is 8.78 Å². The standard InChI is InChI=1S/C24H30F2N2O6/c1-14(2)21(28-22(29)16-11-17(31-3)13-18(12-16)32-4)23(30)27-9-8-15-6-7-19(33-5)20(10-15)34-24(25)26/h6-7,10-14,21,24H,8-9H2,1-5H3,(H,27,30)(H,28,29). The number of ether oxygens (including phenoxy) is 4. The van der Waals surface area contributed by atoms with Gasteiger partial charge in [-0.3, -0.25) is 9.59 Å². The summed E-state index contributed by atoms with van der Waals surface area (Å²) >= 11 is 0. The summed E-state index contributed by atoms with van der Waals surface area (Å²) in [6, 6.07) is 8.61. The van der Waals surface area contributed by atoms with Crippen LogP contribution in [-0.2, 0) is 11.2 Å². The first kappa shape index (κ1) is 26.7. The summed E-state index contributed by atoms with van der Waals surface area (Å²) in [5.74, 6) is -0.00377. The molecule has 186 valence electrons. The molecule has 1 atom stereocenters. The van der Waals surface area contributed by atoms with E-state index in [9.17, 15) is 18.4 Å². The zero-order chi connectivity index (χ0) is 25.3. The van der Waals surface area contributed by atoms with Gasteiger partial charge in [-0.1, -0.05) is 19.9 Å². The van der Waals surface area contributed by atoms with Crippen LogP contribution in [0.1, 0.15) is 29.8 Å². The molecule has 1 unspecified atom stereocenters. The zero-order valence-electron chi connectivity index (χ0n) is 19.8. The SMILES string of the molecule is COc1cc(OC)cc(C(=O)NC(C(=O)NCCc2ccc(OC)c(OC(F)F)c2)C(C)C)c1. The smallest absolute Gasteiger partial charge is 0.387 e. The number of methoxy groups -OCH3 is 3. The number of hydrogen-bond acceptors (Lipinski definition) is 6. The Kier molecular flexibility index (Phi) is 9.91. The lowest BCUT2D eigenvalue weighted by atomic mass is 10.0. The molecule has 34 heavy (non-hydrogen) atoms. The number of carbonyl (C=O) groups is 2. The summed E-state index contributed by atoms with van der Waals surface area (Å²) in [6.45, 7) is 0.872. The van der Waals surface area contributed by atoms with Gasteiger partial charge >= 0.3 is 6.61 Å². The topological polar surface area (TPSA) is 95.1 Å². The Morgan fingerprint density at radius 1 is 0.912 bits per heavy atom. The van der Waals surface area contributed by atoms with Gasteiger partial charge in [0.15, 0.2) is 11.5 Å². The maximum Gasteiger partial charge on any atom is 0.387 e. The third kappa shape index (κ3) is 7.50. The minimum Gasteiger partial charge on any atom is -0.497 e. The van der Waals surface area contributed by atoms with Crippen molar-refractivity contribution in [2.24, 2.45) is 5.92 Å². The van der Waals surface area contributed by atoms with Crippen LogP contribution < -0.4 is 29.6 Å². The van der Waals surface area contributed by atoms with E-state index < -0.39 is 18.6 Å². The normalized spacial score (nSPS) is 11.7. The maximum absolute atomic E-state index is 12.8. The second-order valence-corrected chi connectivity index (χ2v) is 7.70. The quantitative estimate of drug-likeness (QED) is 0.483. The number of rotatable bonds is 12. The highest BCUT2D eigenvalue weighted by atomic mass is 19.3. The summed E-state index contributed by atoms with van der Waals surface area (Å²) in [6.07, 6.45) is 0.362. The van der Waals surface area contributed by atoms with E-state index in [0.29, 0.717) is 29.0 Å². The van der Waals surface area contributed by atoms with Gasteiger partial charge in [0.2, 0.25) is 5.91 Å². The molecule has 2 amide bonds. The van der Waals surface area contributed by atoms with Crippen LogP contribution in [0.5, 0.6) is 23.0 Å². The third-order valence-electron chi connectivity index (χ3n) is 5.01. The highest BCUT2D eigenvalue weighted by molar-refractivity contribution is 5.98. The van der Waals surface area contributed by atoms with Crippen LogP contribution in [0.25, 0.3) is 0 Å². The highest BCUT2D eigenvalue weighted by Crippen LogP contribution is 2.29. The average molecular weight is 481 g/mol. The van der Waals surface area contributed by atoms with E-state index in [4.69, 9.17) is 14.2 Å². The second-order valence-electron chi connectivity index (χ2n) is 7.70. The van der Waals surface area contributed by atoms with Crippen LogP contribution >= 0.6 is 0 Å². The molecule has 0 aliphatic heterocycles. The lowest BCUT2D eigenvalue weighted by Gasteiger charge is -2.22. The fraction of sp³-hybridized carbons (Fsp3) is 0.417. The predicted octanol–water partition coefficient (Wildman–Crippen LogP) is 3.43. The molecule has 0 heterocycles. The van der Waals surface area contributed by atoms with Crippen LogP contribution in [0.3, 0.4) is 0 Å². The first-order valence-electron chi connectivity index (χ1n) is 10.6. The van der Waals surface area contributed by atoms with Crippen LogP contribution in [0.4, 0.5) is 8.78 Å². The molecule has 2 aromatic rings. The van der Waals surface area contributed by atoms with Crippen molar-refractivity contribution in [1.29, 1.82) is 0 Å². The summed E-state index contributed by atoms with van der Waals surface area (Å²) in [5, 5.41) is 5.53. The minimum atomic E-state index is -2.98. The lowest BCUT2D eigenvalue weighted by Crippen LogP contribution is -2.50. The Labute approximate surface area is 197 Å². The van der Waals surface area contributed by atoms with Crippen molar-refractivity contribution in [3.05, 3.63) is 47.5 Å². The largest absolute Gasteiger partial charge is 0.497 e. The Hall–Kier alpha value is -3.56. The van der Waals surface area contributed by atoms with Crippen molar-refractivity contribution in [2.45, 2.75) is 32.9 Å². The van der Waals surface area contributed by atoms with E-state index in [0.717, 1.165) is 0 Å². The molecule has 0 spiro atoms. The van der Waals surface area contributed by atoms with Crippen LogP contribution in [0.2, 0.25) is 0 Å². The molecule has 2 rings (SSSR count). The molecule has 0 bridgehead atoms. The number of benzene rings is 2. The molecule has 2 N–H and O–H groups in total. The number of nitrogens with one attached hydrogen (secondary N) is 2. The molecule has 8 nitrogen and oxygen atoms in total. The van der Waals surface area contributed by atoms with Gasteiger partial charge in [0.05, 0.1) is 21.3 Å². The molecule has 0 radical (unpaired) electrons. The summed E-state index contributed by atoms with van der Waals surface area (Å²) in [7, 11) is 4.31. The Morgan fingerprint density at radius 2 is 1.56 bits per heavy atom. The van der Waals surface area contributed by atoms with E-state index in [1.165, 1.54) is 33.5 Å². The molecular weight excluding hydrogens is 450 g/mol. The third-order valence-corrected chi connectivity index (χ3v) is 5.01. The summed E-state index contributed by atoms with van der Waals surface area (Å²) < 4.78 is 45.1. The monoisotopic (exact) mass is 480 g/mol. The average Bonchev–Trinajstić information content (AvgIpc) is 2.81. The van der Waals surface area contributed by atoms with Crippen LogP contribution in [0.15, 0.2) is 36.4 Å². The second kappa shape index (κ2) is 12.6. The van der Waals surface area contributed by atoms with Gasteiger partial charge in [0.1, 0.15) is 17.5 Å². The Balaban J connectivity index is 2.02. The van der Waals surface area contributed by atoms with Gasteiger partial charge in [-0.05, 0) is 42.2 Å². The molecule has 0 aliphatic carbocycles. The van der Waals surface area contributed by atoms with E-state index in [1.54, 1.807) is 24.3 Å². The van der Waals surface area contributed by atoms with E-state index >= 15 is 0 Å². The fourth-order valence-corrected chi connectivity index (χ4v) is 3.20. The molecule has 0 saturated heterocycles. The maximum atomic E-state index is 12.8. The van der Waals surface area contributed by atoms with Crippen molar-refractivity contribution in [3.63, 3.8) is 0 Å². The van der Waals surface area contributed by atoms with Crippen molar-refractivity contribution in [1.82, 2.24) is 10.6 Å². The van der Waals surface area contributed by atoms with E-state index in [1.807, 2.05) is 13.8 Å². The molecule has 2 aromatic carbocycles. The first-order chi connectivity index (χ1) is 16.2. The molecule has 0 fully saturated rings. The van der Waals surface area contributed by atoms with Gasteiger partial charge in [0.25, 0.3) is 5.91 Å². The van der Waals surface area contributed by atoms with Gasteiger partial charge in [-0.15, -0.1) is 0 Å². The van der Waals surface area contributed by atoms with Gasteiger partial charge in [-0.25, -0.2) is 0 Å². The Bertz CT molecular complexity index is 962. The highest BCUT2D eigenvalue weighted by Gasteiger charge is 2.25. The summed E-state index contributed by atoms with van der Waals surface area (Å²) in [4.78, 5) is 25.6. The molecule has 0 aromatic heterocycles.